The maximum atomic E-state index is 13.1. The molecule has 0 aromatic carbocycles. The minimum absolute atomic E-state index is 0. The summed E-state index contributed by atoms with van der Waals surface area (Å²) in [7, 11) is 2.01. The lowest BCUT2D eigenvalue weighted by Gasteiger charge is -2.38. The summed E-state index contributed by atoms with van der Waals surface area (Å²) in [5, 5.41) is 6.43. The summed E-state index contributed by atoms with van der Waals surface area (Å²) in [6, 6.07) is 2.09. The van der Waals surface area contributed by atoms with Crippen LogP contribution < -0.4 is 10.2 Å². The van der Waals surface area contributed by atoms with Crippen LogP contribution in [0.2, 0.25) is 0 Å². The number of hydrogen-bond acceptors (Lipinski definition) is 6. The van der Waals surface area contributed by atoms with Gasteiger partial charge in [-0.15, -0.1) is 23.7 Å². The van der Waals surface area contributed by atoms with Crippen LogP contribution in [0.4, 0.5) is 5.82 Å². The molecule has 2 aromatic heterocycles. The molecule has 0 spiro atoms. The van der Waals surface area contributed by atoms with Gasteiger partial charge in [0.2, 0.25) is 5.91 Å². The molecule has 6 nitrogen and oxygen atoms in total. The van der Waals surface area contributed by atoms with Gasteiger partial charge in [0.05, 0.1) is 11.3 Å². The third-order valence-corrected chi connectivity index (χ3v) is 6.55. The van der Waals surface area contributed by atoms with Crippen molar-refractivity contribution in [3.8, 4) is 0 Å². The lowest BCUT2D eigenvalue weighted by molar-refractivity contribution is -0.137. The molecule has 27 heavy (non-hydrogen) atoms. The molecule has 148 valence electrons. The maximum Gasteiger partial charge on any atom is 0.227 e. The highest BCUT2D eigenvalue weighted by atomic mass is 35.5. The predicted octanol–water partition coefficient (Wildman–Crippen LogP) is 2.79. The maximum absolute atomic E-state index is 13.1. The van der Waals surface area contributed by atoms with Crippen LogP contribution in [-0.2, 0) is 4.79 Å². The minimum atomic E-state index is 0. The Morgan fingerprint density at radius 2 is 2.07 bits per heavy atom. The number of thiophene rings is 1. The zero-order chi connectivity index (χ0) is 17.9. The predicted molar refractivity (Wildman–Crippen MR) is 113 cm³/mol. The van der Waals surface area contributed by atoms with E-state index in [1.54, 1.807) is 17.7 Å². The molecular formula is C19H28ClN5OS. The van der Waals surface area contributed by atoms with Crippen LogP contribution in [0.25, 0.3) is 10.2 Å². The molecule has 2 aliphatic heterocycles. The number of carbonyl (C=O) groups is 1. The Morgan fingerprint density at radius 1 is 1.26 bits per heavy atom. The Kier molecular flexibility index (Phi) is 6.89. The van der Waals surface area contributed by atoms with Gasteiger partial charge in [-0.25, -0.2) is 9.97 Å². The molecule has 2 saturated heterocycles. The van der Waals surface area contributed by atoms with Crippen molar-refractivity contribution >= 4 is 45.7 Å². The number of halogens is 1. The van der Waals surface area contributed by atoms with E-state index < -0.39 is 0 Å². The number of rotatable bonds is 4. The molecule has 2 aliphatic rings. The Morgan fingerprint density at radius 3 is 2.85 bits per heavy atom. The van der Waals surface area contributed by atoms with Crippen LogP contribution in [-0.4, -0.2) is 60.5 Å². The highest BCUT2D eigenvalue weighted by molar-refractivity contribution is 7.16. The van der Waals surface area contributed by atoms with Gasteiger partial charge in [0, 0.05) is 26.2 Å². The van der Waals surface area contributed by atoms with Crippen molar-refractivity contribution in [3.63, 3.8) is 0 Å². The second kappa shape index (κ2) is 9.17. The molecule has 4 rings (SSSR count). The Bertz CT molecular complexity index is 761. The van der Waals surface area contributed by atoms with Crippen molar-refractivity contribution in [2.24, 2.45) is 11.8 Å². The molecule has 0 saturated carbocycles. The van der Waals surface area contributed by atoms with Gasteiger partial charge >= 0.3 is 0 Å². The lowest BCUT2D eigenvalue weighted by Crippen LogP contribution is -2.48. The fourth-order valence-corrected chi connectivity index (χ4v) is 5.03. The number of amides is 1. The van der Waals surface area contributed by atoms with Crippen LogP contribution in [0.3, 0.4) is 0 Å². The number of piperidine rings is 2. The SMILES string of the molecule is CNCC1CCN(C(=O)C2CCCN(c3ncnc4sccc34)C2)CC1.Cl. The first-order valence-electron chi connectivity index (χ1n) is 9.63. The van der Waals surface area contributed by atoms with Crippen LogP contribution in [0.15, 0.2) is 17.8 Å². The van der Waals surface area contributed by atoms with Crippen molar-refractivity contribution in [3.05, 3.63) is 17.8 Å². The molecule has 0 radical (unpaired) electrons. The average Bonchev–Trinajstić information content (AvgIpc) is 3.17. The number of nitrogens with zero attached hydrogens (tertiary/aromatic N) is 4. The van der Waals surface area contributed by atoms with E-state index in [9.17, 15) is 4.79 Å². The molecule has 1 N–H and O–H groups in total. The third-order valence-electron chi connectivity index (χ3n) is 5.73. The quantitative estimate of drug-likeness (QED) is 0.841. The first kappa shape index (κ1) is 20.3. The topological polar surface area (TPSA) is 61.4 Å². The van der Waals surface area contributed by atoms with E-state index in [1.807, 2.05) is 7.05 Å². The lowest BCUT2D eigenvalue weighted by atomic mass is 9.92. The summed E-state index contributed by atoms with van der Waals surface area (Å²) in [5.41, 5.74) is 0. The van der Waals surface area contributed by atoms with Gasteiger partial charge in [-0.05, 0) is 56.6 Å². The van der Waals surface area contributed by atoms with Gasteiger partial charge in [0.25, 0.3) is 0 Å². The number of fused-ring (bicyclic) bond motifs is 1. The molecular weight excluding hydrogens is 382 g/mol. The van der Waals surface area contributed by atoms with E-state index in [2.05, 4.69) is 36.5 Å². The van der Waals surface area contributed by atoms with Gasteiger partial charge < -0.3 is 15.1 Å². The fourth-order valence-electron chi connectivity index (χ4n) is 4.30. The van der Waals surface area contributed by atoms with Crippen LogP contribution in [0, 0.1) is 11.8 Å². The van der Waals surface area contributed by atoms with Crippen molar-refractivity contribution < 1.29 is 4.79 Å². The minimum Gasteiger partial charge on any atom is -0.355 e. The molecule has 1 atom stereocenters. The van der Waals surface area contributed by atoms with Crippen molar-refractivity contribution in [1.29, 1.82) is 0 Å². The van der Waals surface area contributed by atoms with Crippen molar-refractivity contribution in [2.45, 2.75) is 25.7 Å². The standard InChI is InChI=1S/C19H27N5OS.ClH/c1-20-11-14-4-8-23(9-5-14)19(25)15-3-2-7-24(12-15)17-16-6-10-26-18(16)22-13-21-17;/h6,10,13-15,20H,2-5,7-9,11-12H2,1H3;1H. The van der Waals surface area contributed by atoms with Crippen molar-refractivity contribution in [2.75, 3.05) is 44.7 Å². The van der Waals surface area contributed by atoms with Gasteiger partial charge in [0.1, 0.15) is 17.0 Å². The summed E-state index contributed by atoms with van der Waals surface area (Å²) in [6.45, 7) is 4.62. The molecule has 0 aliphatic carbocycles. The zero-order valence-electron chi connectivity index (χ0n) is 15.8. The van der Waals surface area contributed by atoms with Crippen molar-refractivity contribution in [1.82, 2.24) is 20.2 Å². The third kappa shape index (κ3) is 4.36. The summed E-state index contributed by atoms with van der Waals surface area (Å²) < 4.78 is 0. The largest absolute Gasteiger partial charge is 0.355 e. The van der Waals surface area contributed by atoms with E-state index >= 15 is 0 Å². The number of carbonyl (C=O) groups excluding carboxylic acids is 1. The van der Waals surface area contributed by atoms with Gasteiger partial charge in [-0.1, -0.05) is 0 Å². The van der Waals surface area contributed by atoms with Gasteiger partial charge in [0.15, 0.2) is 0 Å². The second-order valence-electron chi connectivity index (χ2n) is 7.45. The number of aromatic nitrogens is 2. The smallest absolute Gasteiger partial charge is 0.227 e. The number of hydrogen-bond donors (Lipinski definition) is 1. The Hall–Kier alpha value is -1.44. The molecule has 1 amide bonds. The molecule has 2 aromatic rings. The summed E-state index contributed by atoms with van der Waals surface area (Å²) in [6.07, 6.45) is 5.91. The zero-order valence-corrected chi connectivity index (χ0v) is 17.4. The highest BCUT2D eigenvalue weighted by Crippen LogP contribution is 2.31. The molecule has 0 bridgehead atoms. The Labute approximate surface area is 170 Å². The number of anilines is 1. The van der Waals surface area contributed by atoms with E-state index in [0.29, 0.717) is 11.8 Å². The van der Waals surface area contributed by atoms with E-state index in [0.717, 1.165) is 74.4 Å². The summed E-state index contributed by atoms with van der Waals surface area (Å²) in [5.74, 6) is 2.13. The highest BCUT2D eigenvalue weighted by Gasteiger charge is 2.32. The summed E-state index contributed by atoms with van der Waals surface area (Å²) >= 11 is 1.64. The normalized spacial score (nSPS) is 21.3. The number of likely N-dealkylation sites (tertiary alicyclic amines) is 1. The molecule has 4 heterocycles. The first-order valence-corrected chi connectivity index (χ1v) is 10.5. The van der Waals surface area contributed by atoms with E-state index in [4.69, 9.17) is 0 Å². The Balaban J connectivity index is 0.00000210. The van der Waals surface area contributed by atoms with Crippen LogP contribution in [0.1, 0.15) is 25.7 Å². The van der Waals surface area contributed by atoms with Crippen LogP contribution in [0.5, 0.6) is 0 Å². The first-order chi connectivity index (χ1) is 12.8. The monoisotopic (exact) mass is 409 g/mol. The molecule has 2 fully saturated rings. The van der Waals surface area contributed by atoms with E-state index in [1.165, 1.54) is 0 Å². The van der Waals surface area contributed by atoms with Gasteiger partial charge in [-0.2, -0.15) is 0 Å². The number of nitrogens with one attached hydrogen (secondary N) is 1. The van der Waals surface area contributed by atoms with Crippen LogP contribution >= 0.6 is 23.7 Å². The average molecular weight is 410 g/mol. The van der Waals surface area contributed by atoms with Gasteiger partial charge in [-0.3, -0.25) is 4.79 Å². The summed E-state index contributed by atoms with van der Waals surface area (Å²) in [4.78, 5) is 27.3. The fraction of sp³-hybridized carbons (Fsp3) is 0.632. The molecule has 8 heteroatoms. The van der Waals surface area contributed by atoms with E-state index in [-0.39, 0.29) is 18.3 Å². The molecule has 1 unspecified atom stereocenters. The second-order valence-corrected chi connectivity index (χ2v) is 8.34.